The van der Waals surface area contributed by atoms with Gasteiger partial charge in [-0.05, 0) is 49.1 Å². The Kier molecular flexibility index (Phi) is 6.42. The maximum atomic E-state index is 11.8. The Bertz CT molecular complexity index is 647. The van der Waals surface area contributed by atoms with Gasteiger partial charge < -0.3 is 9.64 Å². The molecule has 1 atom stereocenters. The van der Waals surface area contributed by atoms with Crippen LogP contribution in [0.4, 0.5) is 0 Å². The van der Waals surface area contributed by atoms with Crippen molar-refractivity contribution in [3.63, 3.8) is 0 Å². The van der Waals surface area contributed by atoms with Crippen molar-refractivity contribution in [2.45, 2.75) is 39.7 Å². The van der Waals surface area contributed by atoms with Crippen molar-refractivity contribution < 1.29 is 9.53 Å². The fraction of sp³-hybridized carbons (Fsp3) is 0.381. The normalized spacial score (nSPS) is 11.8. The molecule has 0 aromatic heterocycles. The third-order valence-electron chi connectivity index (χ3n) is 4.34. The largest absolute Gasteiger partial charge is 0.494 e. The van der Waals surface area contributed by atoms with E-state index < -0.39 is 0 Å². The molecular formula is C21H27NO2. The predicted octanol–water partition coefficient (Wildman–Crippen LogP) is 4.55. The molecule has 0 aliphatic carbocycles. The van der Waals surface area contributed by atoms with Gasteiger partial charge in [-0.15, -0.1) is 0 Å². The molecule has 24 heavy (non-hydrogen) atoms. The minimum absolute atomic E-state index is 0.188. The van der Waals surface area contributed by atoms with Crippen molar-refractivity contribution in [1.82, 2.24) is 4.90 Å². The Morgan fingerprint density at radius 1 is 1.00 bits per heavy atom. The van der Waals surface area contributed by atoms with Crippen LogP contribution in [0, 0.1) is 0 Å². The number of carbonyl (C=O) groups excluding carboxylic acids is 1. The number of carbonyl (C=O) groups is 1. The van der Waals surface area contributed by atoms with E-state index >= 15 is 0 Å². The van der Waals surface area contributed by atoms with Crippen LogP contribution in [0.15, 0.2) is 48.5 Å². The first-order valence-corrected chi connectivity index (χ1v) is 8.63. The highest BCUT2D eigenvalue weighted by atomic mass is 16.5. The molecule has 3 heteroatoms. The SMILES string of the molecule is CCOc1ccc(-c2ccc(CC(C)N(C)C(=O)CC)cc2)cc1. The smallest absolute Gasteiger partial charge is 0.222 e. The Hall–Kier alpha value is -2.29. The molecule has 0 radical (unpaired) electrons. The van der Waals surface area contributed by atoms with E-state index in [-0.39, 0.29) is 11.9 Å². The third kappa shape index (κ3) is 4.60. The highest BCUT2D eigenvalue weighted by Crippen LogP contribution is 2.23. The summed E-state index contributed by atoms with van der Waals surface area (Å²) in [6.45, 7) is 6.66. The summed E-state index contributed by atoms with van der Waals surface area (Å²) in [5, 5.41) is 0. The molecule has 3 nitrogen and oxygen atoms in total. The van der Waals surface area contributed by atoms with Crippen molar-refractivity contribution in [3.05, 3.63) is 54.1 Å². The van der Waals surface area contributed by atoms with E-state index in [0.717, 1.165) is 12.2 Å². The van der Waals surface area contributed by atoms with Crippen LogP contribution in [-0.4, -0.2) is 30.5 Å². The van der Waals surface area contributed by atoms with Crippen LogP contribution in [0.3, 0.4) is 0 Å². The average molecular weight is 325 g/mol. The van der Waals surface area contributed by atoms with Gasteiger partial charge in [-0.1, -0.05) is 43.3 Å². The summed E-state index contributed by atoms with van der Waals surface area (Å²) in [6, 6.07) is 16.9. The number of rotatable bonds is 7. The van der Waals surface area contributed by atoms with Crippen molar-refractivity contribution in [3.8, 4) is 16.9 Å². The minimum Gasteiger partial charge on any atom is -0.494 e. The summed E-state index contributed by atoms with van der Waals surface area (Å²) in [5.74, 6) is 1.09. The fourth-order valence-electron chi connectivity index (χ4n) is 2.72. The van der Waals surface area contributed by atoms with Crippen molar-refractivity contribution in [2.24, 2.45) is 0 Å². The van der Waals surface area contributed by atoms with Crippen LogP contribution < -0.4 is 4.74 Å². The van der Waals surface area contributed by atoms with E-state index in [1.165, 1.54) is 16.7 Å². The van der Waals surface area contributed by atoms with Crippen LogP contribution >= 0.6 is 0 Å². The lowest BCUT2D eigenvalue weighted by atomic mass is 10.0. The van der Waals surface area contributed by atoms with Gasteiger partial charge in [0.25, 0.3) is 0 Å². The minimum atomic E-state index is 0.188. The molecule has 2 rings (SSSR count). The second-order valence-electron chi connectivity index (χ2n) is 6.07. The maximum Gasteiger partial charge on any atom is 0.222 e. The topological polar surface area (TPSA) is 29.5 Å². The first kappa shape index (κ1) is 18.1. The lowest BCUT2D eigenvalue weighted by Gasteiger charge is -2.24. The average Bonchev–Trinajstić information content (AvgIpc) is 2.62. The van der Waals surface area contributed by atoms with E-state index in [1.54, 1.807) is 0 Å². The Morgan fingerprint density at radius 3 is 2.04 bits per heavy atom. The van der Waals surface area contributed by atoms with Gasteiger partial charge in [-0.25, -0.2) is 0 Å². The number of ether oxygens (including phenoxy) is 1. The Balaban J connectivity index is 2.03. The first-order chi connectivity index (χ1) is 11.5. The van der Waals surface area contributed by atoms with Crippen LogP contribution in [0.25, 0.3) is 11.1 Å². The quantitative estimate of drug-likeness (QED) is 0.747. The molecule has 0 aliphatic rings. The predicted molar refractivity (Wildman–Crippen MR) is 99.3 cm³/mol. The number of nitrogens with zero attached hydrogens (tertiary/aromatic N) is 1. The zero-order chi connectivity index (χ0) is 17.5. The molecule has 128 valence electrons. The molecule has 0 heterocycles. The maximum absolute atomic E-state index is 11.8. The summed E-state index contributed by atoms with van der Waals surface area (Å²) in [4.78, 5) is 13.6. The summed E-state index contributed by atoms with van der Waals surface area (Å²) >= 11 is 0. The third-order valence-corrected chi connectivity index (χ3v) is 4.34. The molecule has 0 saturated heterocycles. The molecule has 0 aliphatic heterocycles. The summed E-state index contributed by atoms with van der Waals surface area (Å²) in [7, 11) is 1.88. The molecule has 1 unspecified atom stereocenters. The van der Waals surface area contributed by atoms with Gasteiger partial charge in [-0.3, -0.25) is 4.79 Å². The van der Waals surface area contributed by atoms with Gasteiger partial charge in [0.2, 0.25) is 5.91 Å². The molecule has 2 aromatic rings. The first-order valence-electron chi connectivity index (χ1n) is 8.63. The molecule has 0 spiro atoms. The number of hydrogen-bond donors (Lipinski definition) is 0. The van der Waals surface area contributed by atoms with Crippen LogP contribution in [0.1, 0.15) is 32.8 Å². The zero-order valence-corrected chi connectivity index (χ0v) is 15.1. The van der Waals surface area contributed by atoms with E-state index in [1.807, 2.05) is 37.9 Å². The molecule has 0 saturated carbocycles. The van der Waals surface area contributed by atoms with Crippen molar-refractivity contribution >= 4 is 5.91 Å². The molecule has 0 bridgehead atoms. The van der Waals surface area contributed by atoms with E-state index in [9.17, 15) is 4.79 Å². The summed E-state index contributed by atoms with van der Waals surface area (Å²) in [5.41, 5.74) is 3.61. The van der Waals surface area contributed by atoms with E-state index in [2.05, 4.69) is 43.3 Å². The second-order valence-corrected chi connectivity index (χ2v) is 6.07. The second kappa shape index (κ2) is 8.53. The monoisotopic (exact) mass is 325 g/mol. The molecular weight excluding hydrogens is 298 g/mol. The summed E-state index contributed by atoms with van der Waals surface area (Å²) < 4.78 is 5.48. The van der Waals surface area contributed by atoms with Crippen molar-refractivity contribution in [1.29, 1.82) is 0 Å². The lowest BCUT2D eigenvalue weighted by molar-refractivity contribution is -0.131. The lowest BCUT2D eigenvalue weighted by Crippen LogP contribution is -2.35. The van der Waals surface area contributed by atoms with Crippen molar-refractivity contribution in [2.75, 3.05) is 13.7 Å². The molecule has 0 fully saturated rings. The number of likely N-dealkylation sites (N-methyl/N-ethyl adjacent to an activating group) is 1. The number of hydrogen-bond acceptors (Lipinski definition) is 2. The standard InChI is InChI=1S/C21H27NO2/c1-5-21(23)22(4)16(3)15-17-7-9-18(10-8-17)19-11-13-20(14-12-19)24-6-2/h7-14,16H,5-6,15H2,1-4H3. The highest BCUT2D eigenvalue weighted by molar-refractivity contribution is 5.75. The van der Waals surface area contributed by atoms with Crippen LogP contribution in [0.2, 0.25) is 0 Å². The number of amides is 1. The van der Waals surface area contributed by atoms with E-state index in [4.69, 9.17) is 4.74 Å². The molecule has 0 N–H and O–H groups in total. The fourth-order valence-corrected chi connectivity index (χ4v) is 2.72. The zero-order valence-electron chi connectivity index (χ0n) is 15.1. The van der Waals surface area contributed by atoms with Gasteiger partial charge in [0.05, 0.1) is 6.61 Å². The van der Waals surface area contributed by atoms with Gasteiger partial charge in [0.15, 0.2) is 0 Å². The van der Waals surface area contributed by atoms with Gasteiger partial charge >= 0.3 is 0 Å². The van der Waals surface area contributed by atoms with Gasteiger partial charge in [-0.2, -0.15) is 0 Å². The Morgan fingerprint density at radius 2 is 1.54 bits per heavy atom. The Labute approximate surface area is 145 Å². The summed E-state index contributed by atoms with van der Waals surface area (Å²) in [6.07, 6.45) is 1.42. The van der Waals surface area contributed by atoms with Crippen LogP contribution in [-0.2, 0) is 11.2 Å². The highest BCUT2D eigenvalue weighted by Gasteiger charge is 2.14. The molecule has 1 amide bonds. The van der Waals surface area contributed by atoms with E-state index in [0.29, 0.717) is 13.0 Å². The van der Waals surface area contributed by atoms with Crippen LogP contribution in [0.5, 0.6) is 5.75 Å². The van der Waals surface area contributed by atoms with Gasteiger partial charge in [0, 0.05) is 19.5 Å². The number of benzene rings is 2. The van der Waals surface area contributed by atoms with Gasteiger partial charge in [0.1, 0.15) is 5.75 Å². The molecule has 2 aromatic carbocycles.